The summed E-state index contributed by atoms with van der Waals surface area (Å²) in [6.45, 7) is 0. The zero-order valence-electron chi connectivity index (χ0n) is 13.0. The van der Waals surface area contributed by atoms with Crippen LogP contribution in [0.5, 0.6) is 0 Å². The van der Waals surface area contributed by atoms with Gasteiger partial charge < -0.3 is 0 Å². The molecule has 2 atom stereocenters. The molecule has 0 aromatic rings. The first-order valence-electron chi connectivity index (χ1n) is 9.14. The summed E-state index contributed by atoms with van der Waals surface area (Å²) in [5, 5.41) is 0. The summed E-state index contributed by atoms with van der Waals surface area (Å²) < 4.78 is 0. The molecular formula is C18H31NO. The van der Waals surface area contributed by atoms with Crippen LogP contribution in [0, 0.1) is 0 Å². The van der Waals surface area contributed by atoms with Crippen molar-refractivity contribution in [3.63, 3.8) is 0 Å². The van der Waals surface area contributed by atoms with E-state index in [2.05, 4.69) is 4.90 Å². The Bertz CT molecular complexity index is 301. The first-order chi connectivity index (χ1) is 9.84. The Balaban J connectivity index is 1.66. The summed E-state index contributed by atoms with van der Waals surface area (Å²) >= 11 is 0. The van der Waals surface area contributed by atoms with E-state index in [0.717, 1.165) is 18.9 Å². The molecule has 1 saturated carbocycles. The molecule has 2 heteroatoms. The number of rotatable bonds is 1. The molecule has 3 rings (SSSR count). The number of hydrogen-bond donors (Lipinski definition) is 0. The van der Waals surface area contributed by atoms with E-state index in [1.54, 1.807) is 0 Å². The maximum atomic E-state index is 11.9. The Kier molecular flexibility index (Phi) is 5.14. The van der Waals surface area contributed by atoms with Gasteiger partial charge in [0.2, 0.25) is 0 Å². The number of hydrogen-bond acceptors (Lipinski definition) is 2. The highest BCUT2D eigenvalue weighted by atomic mass is 16.1. The van der Waals surface area contributed by atoms with Gasteiger partial charge in [0.25, 0.3) is 0 Å². The van der Waals surface area contributed by atoms with E-state index in [1.807, 2.05) is 0 Å². The first-order valence-corrected chi connectivity index (χ1v) is 9.14. The number of carbonyl (C=O) groups is 1. The lowest BCUT2D eigenvalue weighted by Gasteiger charge is -2.50. The highest BCUT2D eigenvalue weighted by Gasteiger charge is 2.40. The molecule has 20 heavy (non-hydrogen) atoms. The predicted molar refractivity (Wildman–Crippen MR) is 82.8 cm³/mol. The maximum Gasteiger partial charge on any atom is 0.136 e. The number of carbonyl (C=O) groups excluding carboxylic acids is 1. The second-order valence-corrected chi connectivity index (χ2v) is 7.34. The van der Waals surface area contributed by atoms with Crippen molar-refractivity contribution in [3.05, 3.63) is 0 Å². The molecule has 0 spiro atoms. The molecule has 0 aromatic carbocycles. The predicted octanol–water partition coefficient (Wildman–Crippen LogP) is 4.47. The van der Waals surface area contributed by atoms with Gasteiger partial charge in [0.1, 0.15) is 5.78 Å². The van der Waals surface area contributed by atoms with Crippen LogP contribution < -0.4 is 0 Å². The van der Waals surface area contributed by atoms with Gasteiger partial charge in [0, 0.05) is 31.0 Å². The van der Waals surface area contributed by atoms with Crippen LogP contribution in [0.15, 0.2) is 0 Å². The van der Waals surface area contributed by atoms with Gasteiger partial charge in [-0.3, -0.25) is 9.69 Å². The molecular weight excluding hydrogens is 246 g/mol. The second-order valence-electron chi connectivity index (χ2n) is 7.34. The SMILES string of the molecule is O=C1CC2CCC[C@@H](C1)N2C1CCCCCCCCC1. The summed E-state index contributed by atoms with van der Waals surface area (Å²) in [6, 6.07) is 1.99. The van der Waals surface area contributed by atoms with E-state index in [1.165, 1.54) is 77.0 Å². The van der Waals surface area contributed by atoms with Crippen molar-refractivity contribution >= 4 is 5.78 Å². The fraction of sp³-hybridized carbons (Fsp3) is 0.944. The standard InChI is InChI=1S/C18H31NO/c20-18-13-16-11-8-12-17(14-18)19(16)15-9-6-4-2-1-3-5-7-10-15/h15-17H,1-14H2/t16-,17?/m0/s1. The van der Waals surface area contributed by atoms with Gasteiger partial charge >= 0.3 is 0 Å². The van der Waals surface area contributed by atoms with E-state index in [-0.39, 0.29) is 0 Å². The van der Waals surface area contributed by atoms with E-state index >= 15 is 0 Å². The van der Waals surface area contributed by atoms with Crippen molar-refractivity contribution in [2.24, 2.45) is 0 Å². The second kappa shape index (κ2) is 7.06. The summed E-state index contributed by atoms with van der Waals surface area (Å²) in [7, 11) is 0. The molecule has 1 unspecified atom stereocenters. The van der Waals surface area contributed by atoms with Crippen LogP contribution in [0.1, 0.15) is 89.9 Å². The molecule has 2 bridgehead atoms. The minimum atomic E-state index is 0.538. The fourth-order valence-corrected chi connectivity index (χ4v) is 4.89. The van der Waals surface area contributed by atoms with Crippen LogP contribution in [-0.4, -0.2) is 28.8 Å². The van der Waals surface area contributed by atoms with Crippen LogP contribution >= 0.6 is 0 Å². The fourth-order valence-electron chi connectivity index (χ4n) is 4.89. The van der Waals surface area contributed by atoms with Crippen LogP contribution in [0.4, 0.5) is 0 Å². The van der Waals surface area contributed by atoms with Crippen molar-refractivity contribution in [2.75, 3.05) is 0 Å². The van der Waals surface area contributed by atoms with Gasteiger partial charge in [-0.25, -0.2) is 0 Å². The third-order valence-electron chi connectivity index (χ3n) is 5.84. The summed E-state index contributed by atoms with van der Waals surface area (Å²) in [4.78, 5) is 14.7. The van der Waals surface area contributed by atoms with Crippen molar-refractivity contribution in [3.8, 4) is 0 Å². The smallest absolute Gasteiger partial charge is 0.136 e. The molecule has 2 aliphatic heterocycles. The quantitative estimate of drug-likeness (QED) is 0.705. The first kappa shape index (κ1) is 14.6. The van der Waals surface area contributed by atoms with Crippen molar-refractivity contribution in [1.29, 1.82) is 0 Å². The number of piperidine rings is 2. The molecule has 2 nitrogen and oxygen atoms in total. The number of nitrogens with zero attached hydrogens (tertiary/aromatic N) is 1. The molecule has 114 valence electrons. The van der Waals surface area contributed by atoms with Crippen LogP contribution in [0.2, 0.25) is 0 Å². The Morgan fingerprint density at radius 1 is 0.600 bits per heavy atom. The lowest BCUT2D eigenvalue weighted by atomic mass is 9.81. The van der Waals surface area contributed by atoms with Gasteiger partial charge in [-0.2, -0.15) is 0 Å². The lowest BCUT2D eigenvalue weighted by molar-refractivity contribution is -0.129. The minimum Gasteiger partial charge on any atom is -0.300 e. The zero-order chi connectivity index (χ0) is 13.8. The third kappa shape index (κ3) is 3.44. The topological polar surface area (TPSA) is 20.3 Å². The zero-order valence-corrected chi connectivity index (χ0v) is 13.0. The Morgan fingerprint density at radius 3 is 1.60 bits per heavy atom. The van der Waals surface area contributed by atoms with Gasteiger partial charge in [-0.15, -0.1) is 0 Å². The molecule has 1 aliphatic carbocycles. The molecule has 3 aliphatic rings. The van der Waals surface area contributed by atoms with Crippen molar-refractivity contribution < 1.29 is 4.79 Å². The molecule has 3 fully saturated rings. The third-order valence-corrected chi connectivity index (χ3v) is 5.84. The molecule has 2 saturated heterocycles. The Labute approximate surface area is 124 Å². The van der Waals surface area contributed by atoms with E-state index in [0.29, 0.717) is 17.9 Å². The van der Waals surface area contributed by atoms with Crippen LogP contribution in [-0.2, 0) is 4.79 Å². The van der Waals surface area contributed by atoms with Gasteiger partial charge in [0.05, 0.1) is 0 Å². The average molecular weight is 277 g/mol. The Hall–Kier alpha value is -0.370. The number of Topliss-reactive ketones (excluding diaryl/α,β-unsaturated/α-hetero) is 1. The maximum absolute atomic E-state index is 11.9. The normalized spacial score (nSPS) is 34.9. The summed E-state index contributed by atoms with van der Waals surface area (Å²) in [6.07, 6.45) is 18.4. The molecule has 0 N–H and O–H groups in total. The highest BCUT2D eigenvalue weighted by molar-refractivity contribution is 5.80. The van der Waals surface area contributed by atoms with E-state index in [9.17, 15) is 4.79 Å². The van der Waals surface area contributed by atoms with Crippen LogP contribution in [0.25, 0.3) is 0 Å². The number of ketones is 1. The molecule has 0 amide bonds. The summed E-state index contributed by atoms with van der Waals surface area (Å²) in [5.74, 6) is 0.538. The van der Waals surface area contributed by atoms with Gasteiger partial charge in [-0.05, 0) is 25.7 Å². The number of fused-ring (bicyclic) bond motifs is 2. The van der Waals surface area contributed by atoms with Crippen molar-refractivity contribution in [2.45, 2.75) is 108 Å². The van der Waals surface area contributed by atoms with Crippen molar-refractivity contribution in [1.82, 2.24) is 4.90 Å². The monoisotopic (exact) mass is 277 g/mol. The highest BCUT2D eigenvalue weighted by Crippen LogP contribution is 2.36. The van der Waals surface area contributed by atoms with E-state index in [4.69, 9.17) is 0 Å². The lowest BCUT2D eigenvalue weighted by Crippen LogP contribution is -2.56. The summed E-state index contributed by atoms with van der Waals surface area (Å²) in [5.41, 5.74) is 0. The Morgan fingerprint density at radius 2 is 1.05 bits per heavy atom. The van der Waals surface area contributed by atoms with Crippen LogP contribution in [0.3, 0.4) is 0 Å². The molecule has 0 aromatic heterocycles. The minimum absolute atomic E-state index is 0.538. The largest absolute Gasteiger partial charge is 0.300 e. The molecule has 0 radical (unpaired) electrons. The average Bonchev–Trinajstić information content (AvgIpc) is 2.44. The van der Waals surface area contributed by atoms with Gasteiger partial charge in [0.15, 0.2) is 0 Å². The van der Waals surface area contributed by atoms with Gasteiger partial charge in [-0.1, -0.05) is 51.4 Å². The molecule has 2 heterocycles. The van der Waals surface area contributed by atoms with E-state index < -0.39 is 0 Å².